The van der Waals surface area contributed by atoms with E-state index in [1.165, 1.54) is 31.2 Å². The topological polar surface area (TPSA) is 38.0 Å². The lowest BCUT2D eigenvalue weighted by Gasteiger charge is -2.33. The Balaban J connectivity index is 2.03. The predicted octanol–water partition coefficient (Wildman–Crippen LogP) is 4.19. The Morgan fingerprint density at radius 3 is 2.74 bits per heavy atom. The maximum absolute atomic E-state index is 6.07. The van der Waals surface area contributed by atoms with E-state index < -0.39 is 0 Å². The number of benzene rings is 1. The van der Waals surface area contributed by atoms with Crippen molar-refractivity contribution in [1.82, 2.24) is 5.43 Å². The van der Waals surface area contributed by atoms with Gasteiger partial charge in [0, 0.05) is 6.04 Å². The molecule has 2 rings (SSSR count). The average molecular weight is 301 g/mol. The van der Waals surface area contributed by atoms with Crippen molar-refractivity contribution in [2.45, 2.75) is 45.1 Å². The van der Waals surface area contributed by atoms with Gasteiger partial charge in [0.05, 0.1) is 10.0 Å². The van der Waals surface area contributed by atoms with Crippen LogP contribution in [-0.2, 0) is 6.42 Å². The van der Waals surface area contributed by atoms with E-state index in [-0.39, 0.29) is 0 Å². The second-order valence-corrected chi connectivity index (χ2v) is 6.57. The molecule has 0 aliphatic heterocycles. The van der Waals surface area contributed by atoms with E-state index in [2.05, 4.69) is 12.3 Å². The second kappa shape index (κ2) is 6.94. The van der Waals surface area contributed by atoms with Gasteiger partial charge in [-0.2, -0.15) is 0 Å². The van der Waals surface area contributed by atoms with Gasteiger partial charge in [-0.05, 0) is 48.8 Å². The number of rotatable bonds is 4. The fourth-order valence-corrected chi connectivity index (χ4v) is 3.45. The van der Waals surface area contributed by atoms with Crippen LogP contribution in [0, 0.1) is 11.8 Å². The molecule has 1 fully saturated rings. The van der Waals surface area contributed by atoms with Gasteiger partial charge in [0.25, 0.3) is 0 Å². The molecule has 1 aliphatic rings. The van der Waals surface area contributed by atoms with Gasteiger partial charge in [-0.3, -0.25) is 11.3 Å². The molecular weight excluding hydrogens is 279 g/mol. The molecule has 1 aromatic rings. The van der Waals surface area contributed by atoms with Crippen molar-refractivity contribution >= 4 is 23.2 Å². The van der Waals surface area contributed by atoms with E-state index in [4.69, 9.17) is 29.0 Å². The third kappa shape index (κ3) is 4.09. The van der Waals surface area contributed by atoms with Crippen molar-refractivity contribution in [1.29, 1.82) is 0 Å². The summed E-state index contributed by atoms with van der Waals surface area (Å²) >= 11 is 12.0. The lowest BCUT2D eigenvalue weighted by Crippen LogP contribution is -2.43. The van der Waals surface area contributed by atoms with Crippen LogP contribution >= 0.6 is 23.2 Å². The SMILES string of the molecule is CC1CCCC(C(Cc2ccc(Cl)c(Cl)c2)NN)C1. The third-order valence-electron chi connectivity index (χ3n) is 4.20. The quantitative estimate of drug-likeness (QED) is 0.646. The summed E-state index contributed by atoms with van der Waals surface area (Å²) in [6.45, 7) is 2.33. The molecule has 0 spiro atoms. The highest BCUT2D eigenvalue weighted by Crippen LogP contribution is 2.32. The van der Waals surface area contributed by atoms with E-state index in [1.54, 1.807) is 0 Å². The minimum Gasteiger partial charge on any atom is -0.271 e. The van der Waals surface area contributed by atoms with Crippen LogP contribution in [0.1, 0.15) is 38.2 Å². The molecule has 19 heavy (non-hydrogen) atoms. The Morgan fingerprint density at radius 2 is 2.11 bits per heavy atom. The molecule has 2 nitrogen and oxygen atoms in total. The zero-order valence-electron chi connectivity index (χ0n) is 11.3. The summed E-state index contributed by atoms with van der Waals surface area (Å²) in [5.74, 6) is 7.22. The van der Waals surface area contributed by atoms with Gasteiger partial charge in [0.2, 0.25) is 0 Å². The highest BCUT2D eigenvalue weighted by atomic mass is 35.5. The molecule has 0 saturated heterocycles. The summed E-state index contributed by atoms with van der Waals surface area (Å²) < 4.78 is 0. The predicted molar refractivity (Wildman–Crippen MR) is 82.4 cm³/mol. The van der Waals surface area contributed by atoms with Crippen molar-refractivity contribution in [3.05, 3.63) is 33.8 Å². The van der Waals surface area contributed by atoms with Gasteiger partial charge in [-0.1, -0.05) is 49.0 Å². The first-order chi connectivity index (χ1) is 9.10. The molecule has 1 saturated carbocycles. The molecule has 1 aliphatic carbocycles. The number of nitrogens with one attached hydrogen (secondary N) is 1. The second-order valence-electron chi connectivity index (χ2n) is 5.76. The first-order valence-electron chi connectivity index (χ1n) is 7.00. The number of hydrogen-bond donors (Lipinski definition) is 2. The summed E-state index contributed by atoms with van der Waals surface area (Å²) in [6, 6.07) is 6.15. The van der Waals surface area contributed by atoms with E-state index in [0.717, 1.165) is 12.3 Å². The smallest absolute Gasteiger partial charge is 0.0595 e. The highest BCUT2D eigenvalue weighted by molar-refractivity contribution is 6.42. The Labute approximate surface area is 125 Å². The van der Waals surface area contributed by atoms with Gasteiger partial charge in [0.15, 0.2) is 0 Å². The third-order valence-corrected chi connectivity index (χ3v) is 4.94. The molecule has 3 atom stereocenters. The van der Waals surface area contributed by atoms with Crippen LogP contribution < -0.4 is 11.3 Å². The number of hydrazine groups is 1. The molecular formula is C15H22Cl2N2. The Kier molecular flexibility index (Phi) is 5.52. The summed E-state index contributed by atoms with van der Waals surface area (Å²) in [6.07, 6.45) is 6.09. The average Bonchev–Trinajstić information content (AvgIpc) is 2.40. The van der Waals surface area contributed by atoms with Gasteiger partial charge < -0.3 is 0 Å². The lowest BCUT2D eigenvalue weighted by atomic mass is 9.77. The van der Waals surface area contributed by atoms with Crippen molar-refractivity contribution in [2.75, 3.05) is 0 Å². The zero-order chi connectivity index (χ0) is 13.8. The molecule has 0 heterocycles. The van der Waals surface area contributed by atoms with E-state index in [9.17, 15) is 0 Å². The minimum absolute atomic E-state index is 0.319. The first-order valence-corrected chi connectivity index (χ1v) is 7.75. The van der Waals surface area contributed by atoms with Gasteiger partial charge in [-0.25, -0.2) is 0 Å². The fourth-order valence-electron chi connectivity index (χ4n) is 3.13. The molecule has 0 amide bonds. The molecule has 3 unspecified atom stereocenters. The van der Waals surface area contributed by atoms with Crippen molar-refractivity contribution in [3.63, 3.8) is 0 Å². The largest absolute Gasteiger partial charge is 0.271 e. The minimum atomic E-state index is 0.319. The van der Waals surface area contributed by atoms with Crippen molar-refractivity contribution < 1.29 is 0 Å². The van der Waals surface area contributed by atoms with Crippen LogP contribution in [0.5, 0.6) is 0 Å². The highest BCUT2D eigenvalue weighted by Gasteiger charge is 2.26. The standard InChI is InChI=1S/C15H22Cl2N2/c1-10-3-2-4-12(7-10)15(19-18)9-11-5-6-13(16)14(17)8-11/h5-6,8,10,12,15,19H,2-4,7,9,18H2,1H3. The Bertz CT molecular complexity index is 423. The molecule has 106 valence electrons. The van der Waals surface area contributed by atoms with Gasteiger partial charge in [0.1, 0.15) is 0 Å². The molecule has 0 bridgehead atoms. The summed E-state index contributed by atoms with van der Waals surface area (Å²) in [4.78, 5) is 0. The fraction of sp³-hybridized carbons (Fsp3) is 0.600. The van der Waals surface area contributed by atoms with Crippen LogP contribution in [0.2, 0.25) is 10.0 Å². The molecule has 0 aromatic heterocycles. The summed E-state index contributed by atoms with van der Waals surface area (Å²) in [5, 5.41) is 1.22. The van der Waals surface area contributed by atoms with E-state index in [0.29, 0.717) is 22.0 Å². The molecule has 0 radical (unpaired) electrons. The summed E-state index contributed by atoms with van der Waals surface area (Å²) in [7, 11) is 0. The molecule has 3 N–H and O–H groups in total. The van der Waals surface area contributed by atoms with E-state index >= 15 is 0 Å². The van der Waals surface area contributed by atoms with Crippen molar-refractivity contribution in [2.24, 2.45) is 17.7 Å². The maximum Gasteiger partial charge on any atom is 0.0595 e. The zero-order valence-corrected chi connectivity index (χ0v) is 12.8. The molecule has 1 aromatic carbocycles. The number of nitrogens with two attached hydrogens (primary N) is 1. The monoisotopic (exact) mass is 300 g/mol. The van der Waals surface area contributed by atoms with Crippen LogP contribution in [0.15, 0.2) is 18.2 Å². The van der Waals surface area contributed by atoms with Crippen molar-refractivity contribution in [3.8, 4) is 0 Å². The first kappa shape index (κ1) is 15.1. The van der Waals surface area contributed by atoms with Gasteiger partial charge in [-0.15, -0.1) is 0 Å². The van der Waals surface area contributed by atoms with Crippen LogP contribution in [0.4, 0.5) is 0 Å². The molecule has 4 heteroatoms. The summed E-state index contributed by atoms with van der Waals surface area (Å²) in [5.41, 5.74) is 4.19. The Morgan fingerprint density at radius 1 is 1.32 bits per heavy atom. The normalized spacial score (nSPS) is 25.3. The van der Waals surface area contributed by atoms with E-state index in [1.807, 2.05) is 18.2 Å². The van der Waals surface area contributed by atoms with Gasteiger partial charge >= 0.3 is 0 Å². The Hall–Kier alpha value is -0.280. The van der Waals surface area contributed by atoms with Crippen LogP contribution in [0.25, 0.3) is 0 Å². The number of hydrogen-bond acceptors (Lipinski definition) is 2. The lowest BCUT2D eigenvalue weighted by molar-refractivity contribution is 0.222. The maximum atomic E-state index is 6.07. The van der Waals surface area contributed by atoms with Crippen LogP contribution in [0.3, 0.4) is 0 Å². The number of halogens is 2. The van der Waals surface area contributed by atoms with Crippen LogP contribution in [-0.4, -0.2) is 6.04 Å².